The quantitative estimate of drug-likeness (QED) is 0.751. The van der Waals surface area contributed by atoms with Gasteiger partial charge in [-0.25, -0.2) is 9.78 Å². The van der Waals surface area contributed by atoms with Crippen molar-refractivity contribution in [2.75, 3.05) is 39.4 Å². The van der Waals surface area contributed by atoms with Gasteiger partial charge in [0, 0.05) is 36.6 Å². The molecule has 0 bridgehead atoms. The van der Waals surface area contributed by atoms with Crippen molar-refractivity contribution in [3.8, 4) is 0 Å². The van der Waals surface area contributed by atoms with Gasteiger partial charge in [-0.3, -0.25) is 9.69 Å². The second kappa shape index (κ2) is 9.79. The fourth-order valence-electron chi connectivity index (χ4n) is 3.67. The molecule has 12 heteroatoms. The fourth-order valence-corrected chi connectivity index (χ4v) is 4.32. The van der Waals surface area contributed by atoms with E-state index in [2.05, 4.69) is 9.88 Å². The number of thiazole rings is 1. The SMILES string of the molecule is O=C(O)C(F)(F)F.O=C(c1ccoc1)N1CCOCC2(CCN(Cc3nccs3)C2)C1. The summed E-state index contributed by atoms with van der Waals surface area (Å²) in [4.78, 5) is 30.3. The van der Waals surface area contributed by atoms with Gasteiger partial charge in [0.25, 0.3) is 5.91 Å². The number of likely N-dealkylation sites (tertiary alicyclic amines) is 1. The number of aromatic nitrogens is 1. The van der Waals surface area contributed by atoms with Crippen molar-refractivity contribution in [1.82, 2.24) is 14.8 Å². The van der Waals surface area contributed by atoms with Gasteiger partial charge in [0.1, 0.15) is 11.3 Å². The highest BCUT2D eigenvalue weighted by molar-refractivity contribution is 7.09. The molecular weight excluding hydrogens is 439 g/mol. The summed E-state index contributed by atoms with van der Waals surface area (Å²) in [5, 5.41) is 10.3. The number of hydrogen-bond acceptors (Lipinski definition) is 7. The zero-order chi connectivity index (χ0) is 22.5. The van der Waals surface area contributed by atoms with E-state index in [0.717, 1.165) is 44.2 Å². The predicted molar refractivity (Wildman–Crippen MR) is 104 cm³/mol. The minimum Gasteiger partial charge on any atom is -0.475 e. The van der Waals surface area contributed by atoms with Gasteiger partial charge in [-0.15, -0.1) is 11.3 Å². The lowest BCUT2D eigenvalue weighted by molar-refractivity contribution is -0.192. The number of carboxylic acid groups (broad SMARTS) is 1. The molecule has 2 aliphatic rings. The highest BCUT2D eigenvalue weighted by atomic mass is 32.1. The molecule has 2 saturated heterocycles. The molecule has 0 saturated carbocycles. The van der Waals surface area contributed by atoms with Crippen molar-refractivity contribution in [1.29, 1.82) is 0 Å². The van der Waals surface area contributed by atoms with E-state index in [4.69, 9.17) is 19.1 Å². The van der Waals surface area contributed by atoms with E-state index < -0.39 is 12.1 Å². The van der Waals surface area contributed by atoms with Gasteiger partial charge in [-0.1, -0.05) is 0 Å². The largest absolute Gasteiger partial charge is 0.490 e. The van der Waals surface area contributed by atoms with Crippen LogP contribution in [0.15, 0.2) is 34.6 Å². The van der Waals surface area contributed by atoms with Crippen molar-refractivity contribution in [3.05, 3.63) is 40.7 Å². The van der Waals surface area contributed by atoms with Gasteiger partial charge >= 0.3 is 12.1 Å². The Balaban J connectivity index is 0.000000339. The maximum absolute atomic E-state index is 12.7. The van der Waals surface area contributed by atoms with E-state index in [-0.39, 0.29) is 11.3 Å². The molecule has 2 aromatic heterocycles. The molecule has 0 radical (unpaired) electrons. The molecule has 0 aliphatic carbocycles. The molecule has 170 valence electrons. The minimum atomic E-state index is -5.08. The van der Waals surface area contributed by atoms with Gasteiger partial charge in [0.2, 0.25) is 0 Å². The fraction of sp³-hybridized carbons (Fsp3) is 0.526. The van der Waals surface area contributed by atoms with Gasteiger partial charge < -0.3 is 19.2 Å². The second-order valence-electron chi connectivity index (χ2n) is 7.48. The first-order chi connectivity index (χ1) is 14.7. The van der Waals surface area contributed by atoms with Gasteiger partial charge in [0.05, 0.1) is 31.6 Å². The maximum Gasteiger partial charge on any atom is 0.490 e. The number of hydrogen-bond donors (Lipinski definition) is 1. The van der Waals surface area contributed by atoms with Crippen LogP contribution < -0.4 is 0 Å². The van der Waals surface area contributed by atoms with Gasteiger partial charge in [-0.05, 0) is 19.0 Å². The van der Waals surface area contributed by atoms with Crippen molar-refractivity contribution in [3.63, 3.8) is 0 Å². The van der Waals surface area contributed by atoms with Crippen LogP contribution in [0.5, 0.6) is 0 Å². The monoisotopic (exact) mass is 461 g/mol. The van der Waals surface area contributed by atoms with E-state index in [1.807, 2.05) is 16.5 Å². The normalized spacial score (nSPS) is 22.1. The molecule has 1 atom stereocenters. The van der Waals surface area contributed by atoms with Crippen molar-refractivity contribution in [2.45, 2.75) is 19.1 Å². The molecule has 1 unspecified atom stereocenters. The lowest BCUT2D eigenvalue weighted by atomic mass is 9.87. The molecule has 1 amide bonds. The summed E-state index contributed by atoms with van der Waals surface area (Å²) in [5.74, 6) is -2.72. The molecule has 2 aliphatic heterocycles. The summed E-state index contributed by atoms with van der Waals surface area (Å²) in [6.45, 7) is 5.55. The van der Waals surface area contributed by atoms with Crippen LogP contribution in [0.1, 0.15) is 21.8 Å². The number of halogens is 3. The van der Waals surface area contributed by atoms with Crippen LogP contribution in [0.3, 0.4) is 0 Å². The smallest absolute Gasteiger partial charge is 0.475 e. The van der Waals surface area contributed by atoms with Crippen LogP contribution in [0.2, 0.25) is 0 Å². The molecule has 4 heterocycles. The summed E-state index contributed by atoms with van der Waals surface area (Å²) in [7, 11) is 0. The number of rotatable bonds is 3. The number of carboxylic acids is 1. The first-order valence-electron chi connectivity index (χ1n) is 9.49. The Morgan fingerprint density at radius 3 is 2.68 bits per heavy atom. The zero-order valence-electron chi connectivity index (χ0n) is 16.5. The average Bonchev–Trinajstić information content (AvgIpc) is 3.44. The zero-order valence-corrected chi connectivity index (χ0v) is 17.3. The lowest BCUT2D eigenvalue weighted by Crippen LogP contribution is -2.43. The number of carbonyl (C=O) groups is 2. The number of furan rings is 1. The van der Waals surface area contributed by atoms with Crippen molar-refractivity contribution < 1.29 is 37.0 Å². The molecule has 31 heavy (non-hydrogen) atoms. The summed E-state index contributed by atoms with van der Waals surface area (Å²) in [6.07, 6.45) is 0.881. The Hall–Kier alpha value is -2.44. The molecule has 1 N–H and O–H groups in total. The summed E-state index contributed by atoms with van der Waals surface area (Å²) >= 11 is 1.69. The van der Waals surface area contributed by atoms with E-state index in [1.54, 1.807) is 23.7 Å². The van der Waals surface area contributed by atoms with Crippen LogP contribution in [0, 0.1) is 5.41 Å². The third-order valence-electron chi connectivity index (χ3n) is 5.10. The first kappa shape index (κ1) is 23.2. The van der Waals surface area contributed by atoms with Gasteiger partial charge in [-0.2, -0.15) is 13.2 Å². The van der Waals surface area contributed by atoms with E-state index in [1.165, 1.54) is 6.26 Å². The van der Waals surface area contributed by atoms with Crippen LogP contribution in [0.25, 0.3) is 0 Å². The number of alkyl halides is 3. The topological polar surface area (TPSA) is 96.1 Å². The van der Waals surface area contributed by atoms with Crippen LogP contribution in [0.4, 0.5) is 13.2 Å². The summed E-state index contributed by atoms with van der Waals surface area (Å²) < 4.78 is 42.7. The molecule has 1 spiro atoms. The highest BCUT2D eigenvalue weighted by Gasteiger charge is 2.42. The van der Waals surface area contributed by atoms with Crippen LogP contribution in [-0.4, -0.2) is 77.3 Å². The Morgan fingerprint density at radius 2 is 2.06 bits per heavy atom. The second-order valence-corrected chi connectivity index (χ2v) is 8.46. The standard InChI is InChI=1S/C17H21N3O3S.C2HF3O2/c21-16(14-1-6-22-10-14)20-5-7-23-13-17(12-20)2-4-19(11-17)9-15-18-3-8-24-15;3-2(4,5)1(6)7/h1,3,6,8,10H,2,4-5,7,9,11-13H2;(H,6,7). The third-order valence-corrected chi connectivity index (χ3v) is 5.86. The minimum absolute atomic E-state index is 0.0210. The van der Waals surface area contributed by atoms with Crippen LogP contribution >= 0.6 is 11.3 Å². The number of carbonyl (C=O) groups excluding carboxylic acids is 1. The molecule has 2 aromatic rings. The first-order valence-corrected chi connectivity index (χ1v) is 10.4. The number of ether oxygens (including phenoxy) is 1. The Morgan fingerprint density at radius 1 is 1.29 bits per heavy atom. The van der Waals surface area contributed by atoms with Crippen LogP contribution in [-0.2, 0) is 16.1 Å². The maximum atomic E-state index is 12.7. The molecule has 2 fully saturated rings. The Bertz CT molecular complexity index is 860. The van der Waals surface area contributed by atoms with Crippen molar-refractivity contribution >= 4 is 23.2 Å². The molecule has 0 aromatic carbocycles. The summed E-state index contributed by atoms with van der Waals surface area (Å²) in [6, 6.07) is 1.73. The van der Waals surface area contributed by atoms with E-state index in [9.17, 15) is 18.0 Å². The van der Waals surface area contributed by atoms with E-state index in [0.29, 0.717) is 18.7 Å². The highest BCUT2D eigenvalue weighted by Crippen LogP contribution is 2.34. The Labute approximate surface area is 180 Å². The third kappa shape index (κ3) is 6.28. The average molecular weight is 461 g/mol. The molecule has 4 rings (SSSR count). The lowest BCUT2D eigenvalue weighted by Gasteiger charge is -2.31. The summed E-state index contributed by atoms with van der Waals surface area (Å²) in [5.41, 5.74) is 0.636. The number of amides is 1. The van der Waals surface area contributed by atoms with Gasteiger partial charge in [0.15, 0.2) is 0 Å². The number of aliphatic carboxylic acids is 1. The predicted octanol–water partition coefficient (Wildman–Crippen LogP) is 2.73. The Kier molecular flexibility index (Phi) is 7.34. The molecular formula is C19H22F3N3O5S. The molecule has 8 nitrogen and oxygen atoms in total. The van der Waals surface area contributed by atoms with E-state index >= 15 is 0 Å². The van der Waals surface area contributed by atoms with Crippen molar-refractivity contribution in [2.24, 2.45) is 5.41 Å². The number of nitrogens with zero attached hydrogens (tertiary/aromatic N) is 3.